The number of nitriles is 1. The summed E-state index contributed by atoms with van der Waals surface area (Å²) in [6.45, 7) is 1.79. The van der Waals surface area contributed by atoms with E-state index in [4.69, 9.17) is 5.26 Å². The summed E-state index contributed by atoms with van der Waals surface area (Å²) >= 11 is 1.35. The van der Waals surface area contributed by atoms with Crippen molar-refractivity contribution in [2.45, 2.75) is 12.2 Å². The Kier molecular flexibility index (Phi) is 3.16. The number of amides is 2. The summed E-state index contributed by atoms with van der Waals surface area (Å²) in [5.74, 6) is -0.0915. The third kappa shape index (κ3) is 2.17. The molecule has 2 rings (SSSR count). The number of carbonyl (C=O) groups is 2. The number of rotatable bonds is 1. The van der Waals surface area contributed by atoms with E-state index < -0.39 is 0 Å². The number of nitrogens with zero attached hydrogens (tertiary/aromatic N) is 2. The van der Waals surface area contributed by atoms with E-state index in [-0.39, 0.29) is 17.1 Å². The molecule has 0 aliphatic carbocycles. The molecule has 1 atom stereocenters. The second-order valence-electron chi connectivity index (χ2n) is 3.68. The van der Waals surface area contributed by atoms with E-state index in [1.807, 2.05) is 6.07 Å². The highest BCUT2D eigenvalue weighted by Crippen LogP contribution is 2.26. The Hall–Kier alpha value is -1.80. The quantitative estimate of drug-likeness (QED) is 0.705. The molecule has 0 unspecified atom stereocenters. The Morgan fingerprint density at radius 3 is 2.59 bits per heavy atom. The smallest absolute Gasteiger partial charge is 0.246 e. The molecule has 1 saturated heterocycles. The van der Waals surface area contributed by atoms with Gasteiger partial charge in [-0.15, -0.1) is 11.8 Å². The van der Waals surface area contributed by atoms with Crippen LogP contribution in [0.4, 0.5) is 5.69 Å². The lowest BCUT2D eigenvalue weighted by Gasteiger charge is -2.28. The molecule has 5 heteroatoms. The fraction of sp³-hybridized carbons (Fsp3) is 0.250. The maximum absolute atomic E-state index is 11.9. The van der Waals surface area contributed by atoms with Crippen molar-refractivity contribution in [2.24, 2.45) is 0 Å². The predicted octanol–water partition coefficient (Wildman–Crippen LogP) is 1.55. The normalized spacial score (nSPS) is 20.2. The first-order valence-corrected chi connectivity index (χ1v) is 6.17. The van der Waals surface area contributed by atoms with Crippen molar-refractivity contribution in [1.82, 2.24) is 0 Å². The molecule has 1 aliphatic rings. The van der Waals surface area contributed by atoms with Crippen molar-refractivity contribution in [3.8, 4) is 6.07 Å². The maximum atomic E-state index is 11.9. The molecule has 0 bridgehead atoms. The SMILES string of the molecule is C[C@@H]1SCC(=O)N(c2ccc(C#N)cc2)C1=O. The Balaban J connectivity index is 2.33. The van der Waals surface area contributed by atoms with E-state index in [1.165, 1.54) is 16.7 Å². The van der Waals surface area contributed by atoms with Crippen molar-refractivity contribution in [3.63, 3.8) is 0 Å². The third-order valence-electron chi connectivity index (χ3n) is 2.53. The maximum Gasteiger partial charge on any atom is 0.246 e. The molecule has 1 aromatic carbocycles. The van der Waals surface area contributed by atoms with Crippen molar-refractivity contribution < 1.29 is 9.59 Å². The lowest BCUT2D eigenvalue weighted by atomic mass is 10.2. The van der Waals surface area contributed by atoms with Crippen LogP contribution >= 0.6 is 11.8 Å². The van der Waals surface area contributed by atoms with E-state index in [1.54, 1.807) is 31.2 Å². The molecule has 4 nitrogen and oxygen atoms in total. The first-order valence-electron chi connectivity index (χ1n) is 5.12. The zero-order chi connectivity index (χ0) is 12.4. The molecule has 0 N–H and O–H groups in total. The minimum absolute atomic E-state index is 0.198. The van der Waals surface area contributed by atoms with Crippen LogP contribution in [-0.4, -0.2) is 22.8 Å². The van der Waals surface area contributed by atoms with Crippen LogP contribution in [0, 0.1) is 11.3 Å². The molecule has 1 aliphatic heterocycles. The van der Waals surface area contributed by atoms with E-state index in [0.717, 1.165) is 0 Å². The molecule has 0 spiro atoms. The number of imide groups is 1. The zero-order valence-corrected chi connectivity index (χ0v) is 10.0. The van der Waals surface area contributed by atoms with Gasteiger partial charge in [0.15, 0.2) is 0 Å². The first kappa shape index (κ1) is 11.7. The lowest BCUT2D eigenvalue weighted by Crippen LogP contribution is -2.46. The van der Waals surface area contributed by atoms with Crippen LogP contribution in [-0.2, 0) is 9.59 Å². The van der Waals surface area contributed by atoms with Gasteiger partial charge in [0.25, 0.3) is 0 Å². The number of anilines is 1. The van der Waals surface area contributed by atoms with Gasteiger partial charge in [-0.25, -0.2) is 4.90 Å². The molecule has 1 aromatic rings. The predicted molar refractivity (Wildman–Crippen MR) is 65.6 cm³/mol. The Morgan fingerprint density at radius 2 is 2.00 bits per heavy atom. The summed E-state index contributed by atoms with van der Waals surface area (Å²) in [5, 5.41) is 8.48. The molecule has 1 heterocycles. The highest BCUT2D eigenvalue weighted by molar-refractivity contribution is 8.01. The second kappa shape index (κ2) is 4.60. The fourth-order valence-electron chi connectivity index (χ4n) is 1.59. The van der Waals surface area contributed by atoms with Crippen molar-refractivity contribution >= 4 is 29.3 Å². The molecular formula is C12H10N2O2S. The Morgan fingerprint density at radius 1 is 1.35 bits per heavy atom. The average molecular weight is 246 g/mol. The van der Waals surface area contributed by atoms with E-state index in [9.17, 15) is 9.59 Å². The van der Waals surface area contributed by atoms with Crippen LogP contribution in [0.3, 0.4) is 0 Å². The number of hydrogen-bond acceptors (Lipinski definition) is 4. The van der Waals surface area contributed by atoms with Gasteiger partial charge in [-0.05, 0) is 31.2 Å². The minimum Gasteiger partial charge on any atom is -0.273 e. The number of hydrogen-bond donors (Lipinski definition) is 0. The summed E-state index contributed by atoms with van der Waals surface area (Å²) in [7, 11) is 0. The van der Waals surface area contributed by atoms with Gasteiger partial charge < -0.3 is 0 Å². The van der Waals surface area contributed by atoms with Crippen molar-refractivity contribution in [3.05, 3.63) is 29.8 Å². The number of thioether (sulfide) groups is 1. The summed E-state index contributed by atoms with van der Waals surface area (Å²) in [6, 6.07) is 8.44. The monoisotopic (exact) mass is 246 g/mol. The Labute approximate surface area is 103 Å². The van der Waals surface area contributed by atoms with Crippen LogP contribution < -0.4 is 4.90 Å². The van der Waals surface area contributed by atoms with Gasteiger partial charge in [-0.1, -0.05) is 0 Å². The molecule has 0 radical (unpaired) electrons. The number of carbonyl (C=O) groups excluding carboxylic acids is 2. The van der Waals surface area contributed by atoms with Gasteiger partial charge in [-0.2, -0.15) is 5.26 Å². The molecule has 1 fully saturated rings. The molecule has 0 aromatic heterocycles. The largest absolute Gasteiger partial charge is 0.273 e. The van der Waals surface area contributed by atoms with Crippen LogP contribution in [0.1, 0.15) is 12.5 Å². The average Bonchev–Trinajstić information content (AvgIpc) is 2.35. The molecular weight excluding hydrogens is 236 g/mol. The standard InChI is InChI=1S/C12H10N2O2S/c1-8-12(16)14(11(15)7-17-8)10-4-2-9(6-13)3-5-10/h2-5,8H,7H2,1H3/t8-/m0/s1. The fourth-order valence-corrected chi connectivity index (χ4v) is 2.36. The lowest BCUT2D eigenvalue weighted by molar-refractivity contribution is -0.125. The van der Waals surface area contributed by atoms with Crippen molar-refractivity contribution in [1.29, 1.82) is 5.26 Å². The van der Waals surface area contributed by atoms with Gasteiger partial charge in [0.1, 0.15) is 0 Å². The Bertz CT molecular complexity index is 504. The molecule has 86 valence electrons. The number of benzene rings is 1. The van der Waals surface area contributed by atoms with Crippen LogP contribution in [0.5, 0.6) is 0 Å². The minimum atomic E-state index is -0.206. The van der Waals surface area contributed by atoms with Gasteiger partial charge in [0, 0.05) is 0 Å². The van der Waals surface area contributed by atoms with Gasteiger partial charge in [0.2, 0.25) is 11.8 Å². The summed E-state index contributed by atoms with van der Waals surface area (Å²) < 4.78 is 0. The summed E-state index contributed by atoms with van der Waals surface area (Å²) in [5.41, 5.74) is 1.04. The summed E-state index contributed by atoms with van der Waals surface area (Å²) in [6.07, 6.45) is 0. The topological polar surface area (TPSA) is 61.2 Å². The van der Waals surface area contributed by atoms with Crippen molar-refractivity contribution in [2.75, 3.05) is 10.7 Å². The van der Waals surface area contributed by atoms with E-state index in [2.05, 4.69) is 0 Å². The highest BCUT2D eigenvalue weighted by Gasteiger charge is 2.33. The summed E-state index contributed by atoms with van der Waals surface area (Å²) in [4.78, 5) is 24.8. The zero-order valence-electron chi connectivity index (χ0n) is 9.21. The van der Waals surface area contributed by atoms with Crippen LogP contribution in [0.25, 0.3) is 0 Å². The van der Waals surface area contributed by atoms with Crippen LogP contribution in [0.15, 0.2) is 24.3 Å². The van der Waals surface area contributed by atoms with Gasteiger partial charge >= 0.3 is 0 Å². The van der Waals surface area contributed by atoms with E-state index in [0.29, 0.717) is 17.0 Å². The second-order valence-corrected chi connectivity index (χ2v) is 5.01. The highest BCUT2D eigenvalue weighted by atomic mass is 32.2. The van der Waals surface area contributed by atoms with E-state index >= 15 is 0 Å². The third-order valence-corrected chi connectivity index (χ3v) is 3.64. The van der Waals surface area contributed by atoms with Gasteiger partial charge in [-0.3, -0.25) is 9.59 Å². The molecule has 17 heavy (non-hydrogen) atoms. The molecule has 2 amide bonds. The van der Waals surface area contributed by atoms with Gasteiger partial charge in [0.05, 0.1) is 28.3 Å². The molecule has 0 saturated carbocycles. The van der Waals surface area contributed by atoms with Crippen LogP contribution in [0.2, 0.25) is 0 Å². The first-order chi connectivity index (χ1) is 8.13.